The summed E-state index contributed by atoms with van der Waals surface area (Å²) in [5.41, 5.74) is 8.99. The van der Waals surface area contributed by atoms with Gasteiger partial charge in [-0.25, -0.2) is 0 Å². The molecule has 0 radical (unpaired) electrons. The average Bonchev–Trinajstić information content (AvgIpc) is 2.74. The quantitative estimate of drug-likeness (QED) is 0.754. The number of anilines is 2. The first-order valence-electron chi connectivity index (χ1n) is 9.00. The number of allylic oxidation sites excluding steroid dienone is 1. The molecule has 0 saturated carbocycles. The van der Waals surface area contributed by atoms with Crippen LogP contribution in [0.3, 0.4) is 0 Å². The summed E-state index contributed by atoms with van der Waals surface area (Å²) in [4.78, 5) is 12.8. The molecule has 0 saturated heterocycles. The molecule has 1 heterocycles. The minimum Gasteiger partial charge on any atom is -0.372 e. The number of rotatable bonds is 1. The topological polar surface area (TPSA) is 41.1 Å². The summed E-state index contributed by atoms with van der Waals surface area (Å²) in [5.74, 6) is 0.257. The van der Waals surface area contributed by atoms with Crippen molar-refractivity contribution in [2.75, 3.05) is 10.6 Å². The van der Waals surface area contributed by atoms with Crippen molar-refractivity contribution in [3.05, 3.63) is 69.9 Å². The second kappa shape index (κ2) is 6.07. The summed E-state index contributed by atoms with van der Waals surface area (Å²) >= 11 is 0. The Hall–Kier alpha value is -2.55. The highest BCUT2D eigenvalue weighted by molar-refractivity contribution is 6.00. The third-order valence-electron chi connectivity index (χ3n) is 5.37. The SMILES string of the molecule is Cc1ccc([C@@H]2Nc3cc(C)c(C)cc3NC3=C2C(=O)CCC3)cc1. The highest BCUT2D eigenvalue weighted by atomic mass is 16.1. The van der Waals surface area contributed by atoms with E-state index < -0.39 is 0 Å². The first-order chi connectivity index (χ1) is 12.0. The molecule has 128 valence electrons. The third kappa shape index (κ3) is 2.84. The van der Waals surface area contributed by atoms with Crippen LogP contribution in [0.15, 0.2) is 47.7 Å². The van der Waals surface area contributed by atoms with E-state index in [1.54, 1.807) is 0 Å². The molecule has 1 aliphatic carbocycles. The van der Waals surface area contributed by atoms with Crippen molar-refractivity contribution >= 4 is 17.2 Å². The minimum absolute atomic E-state index is 0.0979. The van der Waals surface area contributed by atoms with Crippen LogP contribution in [0.5, 0.6) is 0 Å². The molecule has 1 atom stereocenters. The van der Waals surface area contributed by atoms with E-state index in [1.165, 1.54) is 16.7 Å². The number of Topliss-reactive ketones (excluding diaryl/α,β-unsaturated/α-hetero) is 1. The van der Waals surface area contributed by atoms with Crippen LogP contribution in [-0.4, -0.2) is 5.78 Å². The first kappa shape index (κ1) is 15.9. The molecule has 3 heteroatoms. The number of hydrogen-bond donors (Lipinski definition) is 2. The van der Waals surface area contributed by atoms with Gasteiger partial charge in [-0.2, -0.15) is 0 Å². The molecular formula is C22H24N2O. The predicted molar refractivity (Wildman–Crippen MR) is 103 cm³/mol. The van der Waals surface area contributed by atoms with E-state index in [0.29, 0.717) is 6.42 Å². The van der Waals surface area contributed by atoms with Crippen LogP contribution in [-0.2, 0) is 4.79 Å². The maximum Gasteiger partial charge on any atom is 0.163 e. The van der Waals surface area contributed by atoms with Crippen molar-refractivity contribution in [3.63, 3.8) is 0 Å². The number of carbonyl (C=O) groups is 1. The molecule has 0 fully saturated rings. The Bertz CT molecular complexity index is 878. The zero-order valence-electron chi connectivity index (χ0n) is 15.1. The van der Waals surface area contributed by atoms with Crippen LogP contribution in [0.4, 0.5) is 11.4 Å². The number of nitrogens with one attached hydrogen (secondary N) is 2. The molecule has 4 rings (SSSR count). The van der Waals surface area contributed by atoms with Crippen LogP contribution in [0.1, 0.15) is 47.6 Å². The Kier molecular flexibility index (Phi) is 3.87. The molecule has 2 N–H and O–H groups in total. The van der Waals surface area contributed by atoms with Crippen molar-refractivity contribution in [1.82, 2.24) is 0 Å². The van der Waals surface area contributed by atoms with E-state index in [1.807, 2.05) is 0 Å². The van der Waals surface area contributed by atoms with Gasteiger partial charge in [0.2, 0.25) is 0 Å². The lowest BCUT2D eigenvalue weighted by Crippen LogP contribution is -2.23. The smallest absolute Gasteiger partial charge is 0.163 e. The van der Waals surface area contributed by atoms with E-state index in [2.05, 4.69) is 67.8 Å². The van der Waals surface area contributed by atoms with Gasteiger partial charge in [0.15, 0.2) is 5.78 Å². The van der Waals surface area contributed by atoms with Crippen molar-refractivity contribution in [3.8, 4) is 0 Å². The maximum atomic E-state index is 12.8. The zero-order chi connectivity index (χ0) is 17.6. The second-order valence-corrected chi connectivity index (χ2v) is 7.26. The molecule has 2 aromatic rings. The van der Waals surface area contributed by atoms with Crippen LogP contribution in [0.2, 0.25) is 0 Å². The molecule has 0 bridgehead atoms. The van der Waals surface area contributed by atoms with Crippen molar-refractivity contribution in [1.29, 1.82) is 0 Å². The summed E-state index contributed by atoms with van der Waals surface area (Å²) in [6.45, 7) is 6.34. The van der Waals surface area contributed by atoms with Crippen molar-refractivity contribution in [2.45, 2.75) is 46.1 Å². The summed E-state index contributed by atoms with van der Waals surface area (Å²) in [7, 11) is 0. The molecule has 25 heavy (non-hydrogen) atoms. The number of ketones is 1. The molecule has 1 aliphatic heterocycles. The number of fused-ring (bicyclic) bond motifs is 1. The van der Waals surface area contributed by atoms with Gasteiger partial charge in [0.25, 0.3) is 0 Å². The largest absolute Gasteiger partial charge is 0.372 e. The zero-order valence-corrected chi connectivity index (χ0v) is 15.1. The standard InChI is InChI=1S/C22H24N2O/c1-13-7-9-16(10-8-13)22-21-17(5-4-6-20(21)25)23-18-11-14(2)15(3)12-19(18)24-22/h7-12,22-24H,4-6H2,1-3H3/t22-/m0/s1. The van der Waals surface area contributed by atoms with E-state index in [9.17, 15) is 4.79 Å². The normalized spacial score (nSPS) is 19.5. The Labute approximate surface area is 149 Å². The third-order valence-corrected chi connectivity index (χ3v) is 5.37. The summed E-state index contributed by atoms with van der Waals surface area (Å²) < 4.78 is 0. The van der Waals surface area contributed by atoms with Gasteiger partial charge in [-0.05, 0) is 62.4 Å². The van der Waals surface area contributed by atoms with Crippen LogP contribution >= 0.6 is 0 Å². The van der Waals surface area contributed by atoms with Crippen molar-refractivity contribution < 1.29 is 4.79 Å². The molecule has 0 amide bonds. The van der Waals surface area contributed by atoms with Gasteiger partial charge in [-0.3, -0.25) is 4.79 Å². The minimum atomic E-state index is -0.0979. The fourth-order valence-corrected chi connectivity index (χ4v) is 3.77. The second-order valence-electron chi connectivity index (χ2n) is 7.26. The maximum absolute atomic E-state index is 12.8. The van der Waals surface area contributed by atoms with E-state index in [4.69, 9.17) is 0 Å². The fraction of sp³-hybridized carbons (Fsp3) is 0.318. The number of benzene rings is 2. The van der Waals surface area contributed by atoms with Gasteiger partial charge >= 0.3 is 0 Å². The molecule has 0 unspecified atom stereocenters. The molecule has 2 aliphatic rings. The fourth-order valence-electron chi connectivity index (χ4n) is 3.77. The monoisotopic (exact) mass is 332 g/mol. The predicted octanol–water partition coefficient (Wildman–Crippen LogP) is 5.20. The number of hydrogen-bond acceptors (Lipinski definition) is 3. The molecule has 3 nitrogen and oxygen atoms in total. The molecule has 0 spiro atoms. The van der Waals surface area contributed by atoms with Crippen LogP contribution in [0.25, 0.3) is 0 Å². The van der Waals surface area contributed by atoms with Gasteiger partial charge < -0.3 is 10.6 Å². The Morgan fingerprint density at radius 1 is 0.920 bits per heavy atom. The highest BCUT2D eigenvalue weighted by Gasteiger charge is 2.32. The molecule has 2 aromatic carbocycles. The van der Waals surface area contributed by atoms with E-state index >= 15 is 0 Å². The highest BCUT2D eigenvalue weighted by Crippen LogP contribution is 2.41. The van der Waals surface area contributed by atoms with Crippen LogP contribution < -0.4 is 10.6 Å². The van der Waals surface area contributed by atoms with Gasteiger partial charge in [0.1, 0.15) is 0 Å². The van der Waals surface area contributed by atoms with Crippen LogP contribution in [0, 0.1) is 20.8 Å². The molecule has 0 aromatic heterocycles. The molecular weight excluding hydrogens is 308 g/mol. The van der Waals surface area contributed by atoms with E-state index in [-0.39, 0.29) is 11.8 Å². The van der Waals surface area contributed by atoms with Gasteiger partial charge in [-0.15, -0.1) is 0 Å². The summed E-state index contributed by atoms with van der Waals surface area (Å²) in [5, 5.41) is 7.22. The Morgan fingerprint density at radius 2 is 1.60 bits per heavy atom. The number of aryl methyl sites for hydroxylation is 3. The Morgan fingerprint density at radius 3 is 2.32 bits per heavy atom. The lowest BCUT2D eigenvalue weighted by Gasteiger charge is -2.25. The first-order valence-corrected chi connectivity index (χ1v) is 9.00. The summed E-state index contributed by atoms with van der Waals surface area (Å²) in [6, 6.07) is 12.8. The lowest BCUT2D eigenvalue weighted by atomic mass is 9.86. The van der Waals surface area contributed by atoms with Gasteiger partial charge in [0.05, 0.1) is 17.4 Å². The van der Waals surface area contributed by atoms with Gasteiger partial charge in [-0.1, -0.05) is 29.8 Å². The summed E-state index contributed by atoms with van der Waals surface area (Å²) in [6.07, 6.45) is 2.49. The Balaban J connectivity index is 1.88. The van der Waals surface area contributed by atoms with E-state index in [0.717, 1.165) is 41.1 Å². The van der Waals surface area contributed by atoms with Crippen molar-refractivity contribution in [2.24, 2.45) is 0 Å². The number of carbonyl (C=O) groups excluding carboxylic acids is 1. The average molecular weight is 332 g/mol. The lowest BCUT2D eigenvalue weighted by molar-refractivity contribution is -0.116. The van der Waals surface area contributed by atoms with Gasteiger partial charge in [0, 0.05) is 17.7 Å².